The molecule has 0 amide bonds. The Kier molecular flexibility index (Phi) is 5.22. The maximum atomic E-state index is 13.0. The zero-order valence-corrected chi connectivity index (χ0v) is 16.9. The third kappa shape index (κ3) is 3.82. The molecule has 4 aromatic rings. The number of phenols is 1. The lowest BCUT2D eigenvalue weighted by Gasteiger charge is -2.14. The van der Waals surface area contributed by atoms with E-state index in [9.17, 15) is 9.90 Å². The first-order valence-electron chi connectivity index (χ1n) is 8.83. The van der Waals surface area contributed by atoms with Gasteiger partial charge in [-0.25, -0.2) is 4.79 Å². The Balaban J connectivity index is 2.01. The number of halogens is 2. The number of ether oxygens (including phenoxy) is 1. The fourth-order valence-corrected chi connectivity index (χ4v) is 3.84. The quantitative estimate of drug-likeness (QED) is 0.402. The highest BCUT2D eigenvalue weighted by molar-refractivity contribution is 6.36. The van der Waals surface area contributed by atoms with E-state index in [-0.39, 0.29) is 5.75 Å². The molecule has 0 radical (unpaired) electrons. The average Bonchev–Trinajstić information content (AvgIpc) is 2.70. The highest BCUT2D eigenvalue weighted by atomic mass is 35.5. The standard InChI is InChI=1S/C23H16Cl2O4/c1-28-16-7-9-17-19(10-13-2-5-15(26)6-3-13)22(23(27)29-21(17)12-16)18-8-4-14(24)11-20(18)25/h2-9,11-12,26H,10H2,1H3. The Labute approximate surface area is 176 Å². The van der Waals surface area contributed by atoms with E-state index in [0.29, 0.717) is 38.9 Å². The molecule has 0 aliphatic carbocycles. The van der Waals surface area contributed by atoms with Crippen molar-refractivity contribution in [2.24, 2.45) is 0 Å². The molecule has 0 bridgehead atoms. The number of benzene rings is 3. The highest BCUT2D eigenvalue weighted by Crippen LogP contribution is 2.35. The van der Waals surface area contributed by atoms with Crippen molar-refractivity contribution in [3.05, 3.63) is 92.3 Å². The Bertz CT molecular complexity index is 1260. The van der Waals surface area contributed by atoms with Crippen LogP contribution < -0.4 is 10.4 Å². The van der Waals surface area contributed by atoms with Gasteiger partial charge in [-0.15, -0.1) is 0 Å². The van der Waals surface area contributed by atoms with Crippen molar-refractivity contribution in [1.82, 2.24) is 0 Å². The minimum Gasteiger partial charge on any atom is -0.508 e. The van der Waals surface area contributed by atoms with Crippen molar-refractivity contribution in [3.63, 3.8) is 0 Å². The number of rotatable bonds is 4. The molecule has 0 fully saturated rings. The van der Waals surface area contributed by atoms with Gasteiger partial charge in [-0.1, -0.05) is 41.4 Å². The molecular weight excluding hydrogens is 411 g/mol. The summed E-state index contributed by atoms with van der Waals surface area (Å²) >= 11 is 12.4. The molecular formula is C23H16Cl2O4. The molecule has 1 N–H and O–H groups in total. The second kappa shape index (κ2) is 7.82. The Morgan fingerprint density at radius 1 is 1.00 bits per heavy atom. The van der Waals surface area contributed by atoms with Crippen molar-refractivity contribution in [1.29, 1.82) is 0 Å². The van der Waals surface area contributed by atoms with Gasteiger partial charge < -0.3 is 14.3 Å². The van der Waals surface area contributed by atoms with Crippen LogP contribution >= 0.6 is 23.2 Å². The number of hydrogen-bond donors (Lipinski definition) is 1. The first-order valence-corrected chi connectivity index (χ1v) is 9.59. The third-order valence-electron chi connectivity index (χ3n) is 4.74. The zero-order chi connectivity index (χ0) is 20.5. The van der Waals surface area contributed by atoms with Gasteiger partial charge in [-0.3, -0.25) is 0 Å². The summed E-state index contributed by atoms with van der Waals surface area (Å²) in [4.78, 5) is 13.0. The van der Waals surface area contributed by atoms with Crippen LogP contribution in [0, 0.1) is 0 Å². The van der Waals surface area contributed by atoms with E-state index in [4.69, 9.17) is 32.4 Å². The summed E-state index contributed by atoms with van der Waals surface area (Å²) in [7, 11) is 1.55. The maximum Gasteiger partial charge on any atom is 0.344 e. The Morgan fingerprint density at radius 2 is 1.76 bits per heavy atom. The van der Waals surface area contributed by atoms with E-state index < -0.39 is 5.63 Å². The second-order valence-corrected chi connectivity index (χ2v) is 7.42. The van der Waals surface area contributed by atoms with Gasteiger partial charge in [0.25, 0.3) is 0 Å². The van der Waals surface area contributed by atoms with Crippen LogP contribution in [0.4, 0.5) is 0 Å². The third-order valence-corrected chi connectivity index (χ3v) is 5.29. The number of fused-ring (bicyclic) bond motifs is 1. The molecule has 0 unspecified atom stereocenters. The van der Waals surface area contributed by atoms with Crippen LogP contribution in [-0.2, 0) is 6.42 Å². The van der Waals surface area contributed by atoms with Gasteiger partial charge in [0.1, 0.15) is 17.1 Å². The van der Waals surface area contributed by atoms with Gasteiger partial charge in [0.2, 0.25) is 0 Å². The normalized spacial score (nSPS) is 11.0. The molecule has 1 heterocycles. The SMILES string of the molecule is COc1ccc2c(Cc3ccc(O)cc3)c(-c3ccc(Cl)cc3Cl)c(=O)oc2c1. The minimum absolute atomic E-state index is 0.178. The predicted molar refractivity (Wildman–Crippen MR) is 115 cm³/mol. The molecule has 6 heteroatoms. The summed E-state index contributed by atoms with van der Waals surface area (Å²) in [6.45, 7) is 0. The molecule has 146 valence electrons. The monoisotopic (exact) mass is 426 g/mol. The van der Waals surface area contributed by atoms with Crippen LogP contribution in [0.2, 0.25) is 10.0 Å². The number of hydrogen-bond acceptors (Lipinski definition) is 4. The first kappa shape index (κ1) is 19.4. The molecule has 1 aromatic heterocycles. The van der Waals surface area contributed by atoms with Crippen molar-refractivity contribution in [3.8, 4) is 22.6 Å². The van der Waals surface area contributed by atoms with Crippen LogP contribution in [-0.4, -0.2) is 12.2 Å². The Hall–Kier alpha value is -2.95. The number of phenolic OH excluding ortho intramolecular Hbond substituents is 1. The maximum absolute atomic E-state index is 13.0. The van der Waals surface area contributed by atoms with Crippen LogP contribution in [0.25, 0.3) is 22.1 Å². The largest absolute Gasteiger partial charge is 0.508 e. The molecule has 0 spiro atoms. The van der Waals surface area contributed by atoms with Crippen molar-refractivity contribution in [2.45, 2.75) is 6.42 Å². The lowest BCUT2D eigenvalue weighted by atomic mass is 9.93. The molecule has 0 aliphatic rings. The van der Waals surface area contributed by atoms with Crippen LogP contribution in [0.15, 0.2) is 69.9 Å². The molecule has 29 heavy (non-hydrogen) atoms. The predicted octanol–water partition coefficient (Wildman–Crippen LogP) is 6.07. The molecule has 0 saturated heterocycles. The van der Waals surface area contributed by atoms with E-state index in [2.05, 4.69) is 0 Å². The van der Waals surface area contributed by atoms with Crippen molar-refractivity contribution < 1.29 is 14.3 Å². The topological polar surface area (TPSA) is 59.7 Å². The summed E-state index contributed by atoms with van der Waals surface area (Å²) in [5, 5.41) is 11.2. The Morgan fingerprint density at radius 3 is 2.45 bits per heavy atom. The molecule has 0 aliphatic heterocycles. The second-order valence-electron chi connectivity index (χ2n) is 6.57. The van der Waals surface area contributed by atoms with Crippen molar-refractivity contribution in [2.75, 3.05) is 7.11 Å². The van der Waals surface area contributed by atoms with Gasteiger partial charge >= 0.3 is 5.63 Å². The van der Waals surface area contributed by atoms with E-state index in [0.717, 1.165) is 16.5 Å². The lowest BCUT2D eigenvalue weighted by molar-refractivity contribution is 0.414. The summed E-state index contributed by atoms with van der Waals surface area (Å²) < 4.78 is 10.9. The average molecular weight is 427 g/mol. The first-order chi connectivity index (χ1) is 14.0. The fraction of sp³-hybridized carbons (Fsp3) is 0.0870. The molecule has 3 aromatic carbocycles. The van der Waals surface area contributed by atoms with Crippen molar-refractivity contribution >= 4 is 34.2 Å². The van der Waals surface area contributed by atoms with Crippen LogP contribution in [0.3, 0.4) is 0 Å². The number of aromatic hydroxyl groups is 1. The van der Waals surface area contributed by atoms with Crippen LogP contribution in [0.5, 0.6) is 11.5 Å². The van der Waals surface area contributed by atoms with E-state index >= 15 is 0 Å². The summed E-state index contributed by atoms with van der Waals surface area (Å²) in [6, 6.07) is 17.2. The molecule has 4 rings (SSSR count). The zero-order valence-electron chi connectivity index (χ0n) is 15.4. The molecule has 0 saturated carbocycles. The van der Waals surface area contributed by atoms with Gasteiger partial charge in [0.15, 0.2) is 0 Å². The summed E-state index contributed by atoms with van der Waals surface area (Å²) in [5.41, 5.74) is 2.57. The van der Waals surface area contributed by atoms with Gasteiger partial charge in [-0.05, 0) is 53.9 Å². The fourth-order valence-electron chi connectivity index (χ4n) is 3.34. The van der Waals surface area contributed by atoms with Gasteiger partial charge in [0, 0.05) is 22.0 Å². The van der Waals surface area contributed by atoms with Gasteiger partial charge in [-0.2, -0.15) is 0 Å². The minimum atomic E-state index is -0.497. The lowest BCUT2D eigenvalue weighted by Crippen LogP contribution is -2.09. The van der Waals surface area contributed by atoms with Crippen LogP contribution in [0.1, 0.15) is 11.1 Å². The van der Waals surface area contributed by atoms with E-state index in [1.165, 1.54) is 0 Å². The number of methoxy groups -OCH3 is 1. The van der Waals surface area contributed by atoms with Gasteiger partial charge in [0.05, 0.1) is 17.7 Å². The summed E-state index contributed by atoms with van der Waals surface area (Å²) in [6.07, 6.45) is 0.447. The van der Waals surface area contributed by atoms with E-state index in [1.54, 1.807) is 43.5 Å². The molecule has 4 nitrogen and oxygen atoms in total. The van der Waals surface area contributed by atoms with E-state index in [1.807, 2.05) is 24.3 Å². The highest BCUT2D eigenvalue weighted by Gasteiger charge is 2.19. The molecule has 0 atom stereocenters. The summed E-state index contributed by atoms with van der Waals surface area (Å²) in [5.74, 6) is 0.769. The smallest absolute Gasteiger partial charge is 0.344 e.